The van der Waals surface area contributed by atoms with Crippen molar-refractivity contribution in [1.29, 1.82) is 0 Å². The fourth-order valence-corrected chi connectivity index (χ4v) is 1.81. The number of rotatable bonds is 5. The number of nitro groups is 1. The minimum absolute atomic E-state index is 0.0385. The first-order chi connectivity index (χ1) is 10.0. The molecule has 2 aromatic rings. The van der Waals surface area contributed by atoms with Crippen LogP contribution in [0.1, 0.15) is 12.0 Å². The van der Waals surface area contributed by atoms with Crippen molar-refractivity contribution < 1.29 is 14.5 Å². The molecule has 8 nitrogen and oxygen atoms in total. The standard InChI is InChI=1S/C13H14N4O4/c1-9-3-4-10(7-12(9)17(19)20)11-8-16(15-14-11)6-5-13(18)21-2/h3-4,7-8H,5-6H2,1-2H3. The van der Waals surface area contributed by atoms with E-state index in [0.717, 1.165) is 0 Å². The third kappa shape index (κ3) is 3.41. The maximum absolute atomic E-state index is 11.1. The molecule has 0 radical (unpaired) electrons. The minimum atomic E-state index is -0.430. The number of aryl methyl sites for hydroxylation is 2. The number of carbonyl (C=O) groups excluding carboxylic acids is 1. The number of esters is 1. The van der Waals surface area contributed by atoms with Gasteiger partial charge in [-0.2, -0.15) is 0 Å². The molecule has 2 rings (SSSR count). The lowest BCUT2D eigenvalue weighted by atomic mass is 10.1. The Labute approximate surface area is 120 Å². The molecule has 0 aliphatic rings. The molecule has 0 fully saturated rings. The third-order valence-electron chi connectivity index (χ3n) is 3.01. The van der Waals surface area contributed by atoms with E-state index in [4.69, 9.17) is 0 Å². The summed E-state index contributed by atoms with van der Waals surface area (Å²) in [5.41, 5.74) is 1.75. The van der Waals surface area contributed by atoms with Crippen LogP contribution in [0.3, 0.4) is 0 Å². The van der Waals surface area contributed by atoms with Gasteiger partial charge in [-0.15, -0.1) is 5.10 Å². The first-order valence-electron chi connectivity index (χ1n) is 6.23. The summed E-state index contributed by atoms with van der Waals surface area (Å²) in [5.74, 6) is -0.335. The Balaban J connectivity index is 2.19. The highest BCUT2D eigenvalue weighted by atomic mass is 16.6. The molecule has 1 aromatic carbocycles. The predicted octanol–water partition coefficient (Wildman–Crippen LogP) is 1.72. The summed E-state index contributed by atoms with van der Waals surface area (Å²) in [7, 11) is 1.32. The first kappa shape index (κ1) is 14.6. The van der Waals surface area contributed by atoms with E-state index in [1.807, 2.05) is 0 Å². The summed E-state index contributed by atoms with van der Waals surface area (Å²) in [6, 6.07) is 4.88. The summed E-state index contributed by atoms with van der Waals surface area (Å²) in [6.07, 6.45) is 1.82. The lowest BCUT2D eigenvalue weighted by Crippen LogP contribution is -2.07. The number of carbonyl (C=O) groups is 1. The number of hydrogen-bond donors (Lipinski definition) is 0. The average Bonchev–Trinajstić information content (AvgIpc) is 2.93. The summed E-state index contributed by atoms with van der Waals surface area (Å²) < 4.78 is 6.04. The molecule has 0 bridgehead atoms. The van der Waals surface area contributed by atoms with Crippen LogP contribution in [0.15, 0.2) is 24.4 Å². The smallest absolute Gasteiger partial charge is 0.307 e. The van der Waals surface area contributed by atoms with Crippen molar-refractivity contribution in [2.24, 2.45) is 0 Å². The highest BCUT2D eigenvalue weighted by Gasteiger charge is 2.13. The van der Waals surface area contributed by atoms with Crippen LogP contribution >= 0.6 is 0 Å². The molecule has 21 heavy (non-hydrogen) atoms. The summed E-state index contributed by atoms with van der Waals surface area (Å²) in [6.45, 7) is 2.02. The zero-order valence-electron chi connectivity index (χ0n) is 11.6. The molecule has 0 N–H and O–H groups in total. The third-order valence-corrected chi connectivity index (χ3v) is 3.01. The molecule has 8 heteroatoms. The van der Waals surface area contributed by atoms with Crippen molar-refractivity contribution in [3.63, 3.8) is 0 Å². The second kappa shape index (κ2) is 6.12. The number of aromatic nitrogens is 3. The Hall–Kier alpha value is -2.77. The van der Waals surface area contributed by atoms with Crippen molar-refractivity contribution >= 4 is 11.7 Å². The number of nitrogens with zero attached hydrogens (tertiary/aromatic N) is 4. The van der Waals surface area contributed by atoms with Gasteiger partial charge in [-0.25, -0.2) is 0 Å². The van der Waals surface area contributed by atoms with Crippen LogP contribution in [0.4, 0.5) is 5.69 Å². The maximum atomic E-state index is 11.1. The highest BCUT2D eigenvalue weighted by Crippen LogP contribution is 2.25. The number of methoxy groups -OCH3 is 1. The van der Waals surface area contributed by atoms with Crippen LogP contribution in [0, 0.1) is 17.0 Å². The van der Waals surface area contributed by atoms with Gasteiger partial charge < -0.3 is 4.74 Å². The topological polar surface area (TPSA) is 100 Å². The van der Waals surface area contributed by atoms with Gasteiger partial charge in [0.25, 0.3) is 5.69 Å². The van der Waals surface area contributed by atoms with Crippen LogP contribution in [0.5, 0.6) is 0 Å². The minimum Gasteiger partial charge on any atom is -0.469 e. The van der Waals surface area contributed by atoms with Crippen LogP contribution in [0.2, 0.25) is 0 Å². The largest absolute Gasteiger partial charge is 0.469 e. The highest BCUT2D eigenvalue weighted by molar-refractivity contribution is 5.69. The zero-order chi connectivity index (χ0) is 15.4. The fraction of sp³-hybridized carbons (Fsp3) is 0.308. The predicted molar refractivity (Wildman–Crippen MR) is 73.5 cm³/mol. The summed E-state index contributed by atoms with van der Waals surface area (Å²) >= 11 is 0. The van der Waals surface area contributed by atoms with E-state index in [9.17, 15) is 14.9 Å². The first-order valence-corrected chi connectivity index (χ1v) is 6.23. The molecule has 1 heterocycles. The Morgan fingerprint density at radius 2 is 2.24 bits per heavy atom. The molecule has 110 valence electrons. The van der Waals surface area contributed by atoms with Crippen LogP contribution in [0.25, 0.3) is 11.3 Å². The van der Waals surface area contributed by atoms with Crippen molar-refractivity contribution in [3.8, 4) is 11.3 Å². The van der Waals surface area contributed by atoms with Gasteiger partial charge in [0.15, 0.2) is 0 Å². The molecule has 0 spiro atoms. The Morgan fingerprint density at radius 3 is 2.90 bits per heavy atom. The normalized spacial score (nSPS) is 10.4. The molecule has 0 saturated heterocycles. The van der Waals surface area contributed by atoms with E-state index in [2.05, 4.69) is 15.0 Å². The molecule has 1 aromatic heterocycles. The van der Waals surface area contributed by atoms with E-state index in [-0.39, 0.29) is 18.1 Å². The SMILES string of the molecule is COC(=O)CCn1cc(-c2ccc(C)c([N+](=O)[O-])c2)nn1. The van der Waals surface area contributed by atoms with Gasteiger partial charge in [-0.1, -0.05) is 17.3 Å². The van der Waals surface area contributed by atoms with Gasteiger partial charge in [0.2, 0.25) is 0 Å². The van der Waals surface area contributed by atoms with E-state index >= 15 is 0 Å². The summed E-state index contributed by atoms with van der Waals surface area (Å²) in [5, 5.41) is 18.8. The molecule has 0 amide bonds. The van der Waals surface area contributed by atoms with Gasteiger partial charge in [-0.05, 0) is 6.92 Å². The maximum Gasteiger partial charge on any atom is 0.307 e. The van der Waals surface area contributed by atoms with E-state index in [0.29, 0.717) is 23.4 Å². The monoisotopic (exact) mass is 290 g/mol. The van der Waals surface area contributed by atoms with Crippen molar-refractivity contribution in [1.82, 2.24) is 15.0 Å². The van der Waals surface area contributed by atoms with Gasteiger partial charge in [0.1, 0.15) is 5.69 Å². The average molecular weight is 290 g/mol. The Bertz CT molecular complexity index is 681. The number of ether oxygens (including phenoxy) is 1. The molecule has 0 aliphatic heterocycles. The lowest BCUT2D eigenvalue weighted by molar-refractivity contribution is -0.385. The van der Waals surface area contributed by atoms with Crippen LogP contribution in [-0.2, 0) is 16.1 Å². The van der Waals surface area contributed by atoms with Crippen molar-refractivity contribution in [2.75, 3.05) is 7.11 Å². The number of benzene rings is 1. The fourth-order valence-electron chi connectivity index (χ4n) is 1.81. The van der Waals surface area contributed by atoms with Gasteiger partial charge in [0, 0.05) is 17.2 Å². The quantitative estimate of drug-likeness (QED) is 0.472. The van der Waals surface area contributed by atoms with Gasteiger partial charge in [0.05, 0.1) is 31.2 Å². The molecular weight excluding hydrogens is 276 g/mol. The Kier molecular flexibility index (Phi) is 4.27. The van der Waals surface area contributed by atoms with Gasteiger partial charge in [-0.3, -0.25) is 19.6 Å². The Morgan fingerprint density at radius 1 is 1.48 bits per heavy atom. The van der Waals surface area contributed by atoms with E-state index < -0.39 is 4.92 Å². The lowest BCUT2D eigenvalue weighted by Gasteiger charge is -2.00. The van der Waals surface area contributed by atoms with Gasteiger partial charge >= 0.3 is 5.97 Å². The molecule has 0 atom stereocenters. The molecule has 0 unspecified atom stereocenters. The molecule has 0 saturated carbocycles. The van der Waals surface area contributed by atoms with Crippen LogP contribution < -0.4 is 0 Å². The number of nitro benzene ring substituents is 1. The second-order valence-electron chi connectivity index (χ2n) is 4.45. The van der Waals surface area contributed by atoms with E-state index in [1.165, 1.54) is 17.9 Å². The molecular formula is C13H14N4O4. The zero-order valence-corrected chi connectivity index (χ0v) is 11.6. The van der Waals surface area contributed by atoms with E-state index in [1.54, 1.807) is 25.3 Å². The molecule has 0 aliphatic carbocycles. The second-order valence-corrected chi connectivity index (χ2v) is 4.45. The van der Waals surface area contributed by atoms with Crippen molar-refractivity contribution in [2.45, 2.75) is 19.9 Å². The van der Waals surface area contributed by atoms with Crippen LogP contribution in [-0.4, -0.2) is 33.0 Å². The summed E-state index contributed by atoms with van der Waals surface area (Å²) in [4.78, 5) is 21.6. The number of hydrogen-bond acceptors (Lipinski definition) is 6. The van der Waals surface area contributed by atoms with Crippen molar-refractivity contribution in [3.05, 3.63) is 40.1 Å².